The van der Waals surface area contributed by atoms with Gasteiger partial charge in [0.25, 0.3) is 0 Å². The van der Waals surface area contributed by atoms with Gasteiger partial charge in [-0.1, -0.05) is 29.4 Å². The van der Waals surface area contributed by atoms with Gasteiger partial charge in [-0.25, -0.2) is 15.0 Å². The van der Waals surface area contributed by atoms with E-state index in [1.54, 1.807) is 29.8 Å². The second-order valence-corrected chi connectivity index (χ2v) is 11.1. The Bertz CT molecular complexity index is 1420. The topological polar surface area (TPSA) is 80.2 Å². The highest BCUT2D eigenvalue weighted by molar-refractivity contribution is 8.00. The normalized spacial score (nSPS) is 16.0. The van der Waals surface area contributed by atoms with Gasteiger partial charge >= 0.3 is 0 Å². The first-order valence-electron chi connectivity index (χ1n) is 11.8. The Balaban J connectivity index is 1.34. The minimum absolute atomic E-state index is 0.102. The van der Waals surface area contributed by atoms with E-state index in [2.05, 4.69) is 20.2 Å². The van der Waals surface area contributed by atoms with Crippen LogP contribution in [0.4, 0.5) is 11.5 Å². The highest BCUT2D eigenvalue weighted by Crippen LogP contribution is 2.43. The smallest absolute Gasteiger partial charge is 0.234 e. The third-order valence-electron chi connectivity index (χ3n) is 6.43. The number of halogens is 1. The number of carbonyl (C=O) groups is 1. The maximum atomic E-state index is 12.6. The van der Waals surface area contributed by atoms with Crippen LogP contribution in [0.3, 0.4) is 0 Å². The Morgan fingerprint density at radius 1 is 1.17 bits per heavy atom. The van der Waals surface area contributed by atoms with Gasteiger partial charge in [0.15, 0.2) is 0 Å². The first kappa shape index (κ1) is 23.0. The van der Waals surface area contributed by atoms with E-state index in [9.17, 15) is 4.79 Å². The second-order valence-electron chi connectivity index (χ2n) is 8.69. The van der Waals surface area contributed by atoms with Crippen LogP contribution in [0.1, 0.15) is 24.0 Å². The Kier molecular flexibility index (Phi) is 6.49. The molecule has 1 N–H and O–H groups in total. The zero-order valence-electron chi connectivity index (χ0n) is 19.1. The molecule has 1 aliphatic carbocycles. The predicted molar refractivity (Wildman–Crippen MR) is 143 cm³/mol. The van der Waals surface area contributed by atoms with Crippen molar-refractivity contribution in [3.05, 3.63) is 46.7 Å². The van der Waals surface area contributed by atoms with Gasteiger partial charge in [0.1, 0.15) is 22.0 Å². The molecule has 35 heavy (non-hydrogen) atoms. The number of hydrogen-bond donors (Lipinski definition) is 1. The van der Waals surface area contributed by atoms with Crippen LogP contribution in [0.2, 0.25) is 5.02 Å². The molecule has 10 heteroatoms. The van der Waals surface area contributed by atoms with Crippen LogP contribution in [-0.4, -0.2) is 52.9 Å². The molecule has 0 saturated carbocycles. The van der Waals surface area contributed by atoms with E-state index < -0.39 is 0 Å². The van der Waals surface area contributed by atoms with Gasteiger partial charge in [-0.05, 0) is 55.0 Å². The van der Waals surface area contributed by atoms with Gasteiger partial charge in [0.05, 0.1) is 29.2 Å². The summed E-state index contributed by atoms with van der Waals surface area (Å²) >= 11 is 9.09. The molecule has 0 unspecified atom stereocenters. The lowest BCUT2D eigenvalue weighted by atomic mass is 9.90. The summed E-state index contributed by atoms with van der Waals surface area (Å²) in [6.45, 7) is 3.23. The number of nitrogens with zero attached hydrogens (tertiary/aromatic N) is 4. The van der Waals surface area contributed by atoms with Crippen LogP contribution < -0.4 is 10.2 Å². The number of thiophene rings is 1. The van der Waals surface area contributed by atoms with Crippen molar-refractivity contribution in [2.45, 2.75) is 30.7 Å². The number of ether oxygens (including phenoxy) is 1. The maximum Gasteiger partial charge on any atom is 0.234 e. The van der Waals surface area contributed by atoms with Gasteiger partial charge in [-0.2, -0.15) is 0 Å². The van der Waals surface area contributed by atoms with Gasteiger partial charge in [-0.3, -0.25) is 4.79 Å². The summed E-state index contributed by atoms with van der Waals surface area (Å²) in [6, 6.07) is 7.15. The lowest BCUT2D eigenvalue weighted by Gasteiger charge is -2.31. The highest BCUT2D eigenvalue weighted by Gasteiger charge is 2.26. The summed E-state index contributed by atoms with van der Waals surface area (Å²) in [7, 11) is 0. The van der Waals surface area contributed by atoms with E-state index in [1.807, 2.05) is 12.1 Å². The molecule has 1 amide bonds. The average Bonchev–Trinajstić information content (AvgIpc) is 3.27. The van der Waals surface area contributed by atoms with Gasteiger partial charge in [-0.15, -0.1) is 11.3 Å². The van der Waals surface area contributed by atoms with Gasteiger partial charge in [0.2, 0.25) is 5.91 Å². The van der Waals surface area contributed by atoms with Gasteiger partial charge in [0, 0.05) is 29.2 Å². The van der Waals surface area contributed by atoms with E-state index in [4.69, 9.17) is 21.3 Å². The quantitative estimate of drug-likeness (QED) is 0.278. The number of aryl methyl sites for hydroxylation is 1. The monoisotopic (exact) mass is 525 g/mol. The van der Waals surface area contributed by atoms with Crippen LogP contribution >= 0.6 is 34.7 Å². The van der Waals surface area contributed by atoms with E-state index in [0.717, 1.165) is 65.0 Å². The molecule has 4 aromatic rings. The molecule has 1 aliphatic heterocycles. The SMILES string of the molecule is O=C(CSc1ncnc2c1sc1nc(N3CCOCC3)c3c(c12)CCCC3)Nc1cccc(Cl)c1. The van der Waals surface area contributed by atoms with Crippen LogP contribution in [0.25, 0.3) is 20.4 Å². The Labute approximate surface area is 216 Å². The van der Waals surface area contributed by atoms with Crippen LogP contribution in [-0.2, 0) is 22.4 Å². The summed E-state index contributed by atoms with van der Waals surface area (Å²) in [5.41, 5.74) is 4.41. The number of anilines is 2. The fourth-order valence-corrected chi connectivity index (χ4v) is 7.08. The number of amides is 1. The van der Waals surface area contributed by atoms with E-state index in [1.165, 1.54) is 41.1 Å². The molecule has 1 aromatic carbocycles. The fraction of sp³-hybridized carbons (Fsp3) is 0.360. The number of carbonyl (C=O) groups excluding carboxylic acids is 1. The summed E-state index contributed by atoms with van der Waals surface area (Å²) in [6.07, 6.45) is 6.08. The lowest BCUT2D eigenvalue weighted by Crippen LogP contribution is -2.37. The predicted octanol–water partition coefficient (Wildman–Crippen LogP) is 5.34. The van der Waals surface area contributed by atoms with Crippen LogP contribution in [0.15, 0.2) is 35.6 Å². The molecular formula is C25H24ClN5O2S2. The van der Waals surface area contributed by atoms with Crippen molar-refractivity contribution in [2.24, 2.45) is 0 Å². The molecule has 6 rings (SSSR count). The summed E-state index contributed by atoms with van der Waals surface area (Å²) in [4.78, 5) is 30.3. The van der Waals surface area contributed by atoms with Crippen molar-refractivity contribution >= 4 is 72.5 Å². The zero-order chi connectivity index (χ0) is 23.8. The maximum absolute atomic E-state index is 12.6. The minimum Gasteiger partial charge on any atom is -0.378 e. The summed E-state index contributed by atoms with van der Waals surface area (Å²) in [5, 5.41) is 5.48. The third kappa shape index (κ3) is 4.58. The number of benzene rings is 1. The zero-order valence-corrected chi connectivity index (χ0v) is 21.4. The summed E-state index contributed by atoms with van der Waals surface area (Å²) < 4.78 is 6.58. The van der Waals surface area contributed by atoms with E-state index >= 15 is 0 Å². The number of aromatic nitrogens is 3. The highest BCUT2D eigenvalue weighted by atomic mass is 35.5. The Morgan fingerprint density at radius 2 is 2.00 bits per heavy atom. The molecule has 4 heterocycles. The number of morpholine rings is 1. The number of fused-ring (bicyclic) bond motifs is 5. The van der Waals surface area contributed by atoms with E-state index in [-0.39, 0.29) is 11.7 Å². The number of thioether (sulfide) groups is 1. The molecule has 7 nitrogen and oxygen atoms in total. The number of hydrogen-bond acceptors (Lipinski definition) is 8. The molecule has 0 radical (unpaired) electrons. The molecule has 0 bridgehead atoms. The molecular weight excluding hydrogens is 502 g/mol. The standard InChI is InChI=1S/C25H24ClN5O2S2/c26-15-4-3-5-16(12-15)29-19(32)13-34-25-22-21(27-14-28-25)20-17-6-1-2-7-18(17)23(30-24(20)35-22)31-8-10-33-11-9-31/h3-5,12,14H,1-2,6-11,13H2,(H,29,32). The van der Waals surface area contributed by atoms with Crippen molar-refractivity contribution in [1.29, 1.82) is 0 Å². The van der Waals surface area contributed by atoms with Crippen molar-refractivity contribution in [3.63, 3.8) is 0 Å². The molecule has 180 valence electrons. The first-order valence-corrected chi connectivity index (χ1v) is 14.0. The fourth-order valence-electron chi connectivity index (χ4n) is 4.86. The van der Waals surface area contributed by atoms with Crippen molar-refractivity contribution in [1.82, 2.24) is 15.0 Å². The molecule has 3 aromatic heterocycles. The largest absolute Gasteiger partial charge is 0.378 e. The number of nitrogens with one attached hydrogen (secondary N) is 1. The van der Waals surface area contributed by atoms with Gasteiger partial charge < -0.3 is 15.0 Å². The Hall–Kier alpha value is -2.46. The van der Waals surface area contributed by atoms with Crippen molar-refractivity contribution < 1.29 is 9.53 Å². The van der Waals surface area contributed by atoms with Crippen molar-refractivity contribution in [3.8, 4) is 0 Å². The first-order chi connectivity index (χ1) is 17.2. The molecule has 0 spiro atoms. The Morgan fingerprint density at radius 3 is 2.83 bits per heavy atom. The second kappa shape index (κ2) is 9.89. The number of pyridine rings is 1. The average molecular weight is 526 g/mol. The molecule has 0 atom stereocenters. The molecule has 2 aliphatic rings. The molecule has 1 saturated heterocycles. The summed E-state index contributed by atoms with van der Waals surface area (Å²) in [5.74, 6) is 1.26. The van der Waals surface area contributed by atoms with Crippen LogP contribution in [0.5, 0.6) is 0 Å². The minimum atomic E-state index is -0.102. The lowest BCUT2D eigenvalue weighted by molar-refractivity contribution is -0.113. The van der Waals surface area contributed by atoms with Crippen molar-refractivity contribution in [2.75, 3.05) is 42.3 Å². The van der Waals surface area contributed by atoms with E-state index in [0.29, 0.717) is 10.7 Å². The number of rotatable bonds is 5. The molecule has 1 fully saturated rings. The third-order valence-corrected chi connectivity index (χ3v) is 8.86. The van der Waals surface area contributed by atoms with Crippen LogP contribution in [0, 0.1) is 0 Å².